The minimum atomic E-state index is -0.0887. The zero-order valence-corrected chi connectivity index (χ0v) is 14.2. The van der Waals surface area contributed by atoms with E-state index in [9.17, 15) is 9.59 Å². The molecule has 0 atom stereocenters. The first-order valence-corrected chi connectivity index (χ1v) is 8.53. The topological polar surface area (TPSA) is 84.2 Å². The molecule has 4 rings (SSSR count). The molecule has 0 bridgehead atoms. The molecule has 1 fully saturated rings. The summed E-state index contributed by atoms with van der Waals surface area (Å²) in [6.45, 7) is 4.78. The lowest BCUT2D eigenvalue weighted by molar-refractivity contribution is -0.128. The predicted octanol–water partition coefficient (Wildman–Crippen LogP) is 0.760. The van der Waals surface area contributed by atoms with Gasteiger partial charge >= 0.3 is 0 Å². The van der Waals surface area contributed by atoms with Crippen molar-refractivity contribution in [2.75, 3.05) is 13.1 Å². The molecule has 4 heterocycles. The van der Waals surface area contributed by atoms with Crippen LogP contribution >= 0.6 is 0 Å². The second-order valence-electron chi connectivity index (χ2n) is 6.49. The molecule has 1 saturated heterocycles. The number of nitrogens with zero attached hydrogens (tertiary/aromatic N) is 6. The molecule has 0 aliphatic carbocycles. The van der Waals surface area contributed by atoms with E-state index >= 15 is 0 Å². The van der Waals surface area contributed by atoms with E-state index in [1.807, 2.05) is 28.5 Å². The summed E-state index contributed by atoms with van der Waals surface area (Å²) in [5.41, 5.74) is 1.28. The fourth-order valence-corrected chi connectivity index (χ4v) is 3.37. The Hall–Kier alpha value is -2.77. The summed E-state index contributed by atoms with van der Waals surface area (Å²) in [6.07, 6.45) is 1.53. The molecule has 2 aromatic rings. The van der Waals surface area contributed by atoms with Gasteiger partial charge in [0.05, 0.1) is 13.1 Å². The van der Waals surface area contributed by atoms with E-state index in [0.717, 1.165) is 30.3 Å². The van der Waals surface area contributed by atoms with Crippen molar-refractivity contribution in [3.05, 3.63) is 41.2 Å². The normalized spacial score (nSPS) is 17.1. The van der Waals surface area contributed by atoms with E-state index < -0.39 is 0 Å². The fraction of sp³-hybridized carbons (Fsp3) is 0.471. The first kappa shape index (κ1) is 15.7. The number of aryl methyl sites for hydroxylation is 1. The summed E-state index contributed by atoms with van der Waals surface area (Å²) < 4.78 is 2.03. The van der Waals surface area contributed by atoms with Gasteiger partial charge in [-0.25, -0.2) is 4.98 Å². The van der Waals surface area contributed by atoms with E-state index in [4.69, 9.17) is 0 Å². The van der Waals surface area contributed by atoms with E-state index in [1.165, 1.54) is 0 Å². The minimum absolute atomic E-state index is 0.0887. The molecule has 2 amide bonds. The van der Waals surface area contributed by atoms with Crippen LogP contribution in [0.15, 0.2) is 18.2 Å². The molecule has 2 aliphatic rings. The second kappa shape index (κ2) is 6.27. The average Bonchev–Trinajstić information content (AvgIpc) is 3.21. The quantitative estimate of drug-likeness (QED) is 0.824. The van der Waals surface area contributed by atoms with Crippen LogP contribution in [0.3, 0.4) is 0 Å². The Labute approximate surface area is 145 Å². The third-order valence-corrected chi connectivity index (χ3v) is 4.73. The first-order valence-electron chi connectivity index (χ1n) is 8.53. The number of rotatable bonds is 3. The highest BCUT2D eigenvalue weighted by Gasteiger charge is 2.28. The van der Waals surface area contributed by atoms with Gasteiger partial charge in [0.2, 0.25) is 5.91 Å². The van der Waals surface area contributed by atoms with Crippen LogP contribution in [0, 0.1) is 6.92 Å². The minimum Gasteiger partial charge on any atom is -0.335 e. The summed E-state index contributed by atoms with van der Waals surface area (Å²) in [5, 5.41) is 8.47. The average molecular weight is 340 g/mol. The Kier molecular flexibility index (Phi) is 3.95. The van der Waals surface area contributed by atoms with Gasteiger partial charge in [0.15, 0.2) is 11.6 Å². The van der Waals surface area contributed by atoms with Gasteiger partial charge in [-0.2, -0.15) is 0 Å². The van der Waals surface area contributed by atoms with Crippen molar-refractivity contribution < 1.29 is 9.59 Å². The van der Waals surface area contributed by atoms with Gasteiger partial charge in [0.1, 0.15) is 5.69 Å². The number of hydrogen-bond donors (Lipinski definition) is 0. The molecule has 0 unspecified atom stereocenters. The molecule has 8 nitrogen and oxygen atoms in total. The molecule has 2 aliphatic heterocycles. The van der Waals surface area contributed by atoms with Gasteiger partial charge in [0, 0.05) is 31.7 Å². The lowest BCUT2D eigenvalue weighted by Gasteiger charge is -2.28. The van der Waals surface area contributed by atoms with Crippen LogP contribution in [0.4, 0.5) is 0 Å². The van der Waals surface area contributed by atoms with E-state index in [-0.39, 0.29) is 11.8 Å². The van der Waals surface area contributed by atoms with Crippen molar-refractivity contribution in [3.63, 3.8) is 0 Å². The third-order valence-electron chi connectivity index (χ3n) is 4.73. The highest BCUT2D eigenvalue weighted by atomic mass is 16.2. The molecular weight excluding hydrogens is 320 g/mol. The number of carbonyl (C=O) groups excluding carboxylic acids is 2. The van der Waals surface area contributed by atoms with E-state index in [1.54, 1.807) is 11.0 Å². The van der Waals surface area contributed by atoms with Crippen molar-refractivity contribution >= 4 is 11.8 Å². The lowest BCUT2D eigenvalue weighted by Crippen LogP contribution is -2.39. The van der Waals surface area contributed by atoms with Gasteiger partial charge in [-0.05, 0) is 25.5 Å². The van der Waals surface area contributed by atoms with Gasteiger partial charge in [-0.1, -0.05) is 6.07 Å². The molecule has 2 aromatic heterocycles. The number of likely N-dealkylation sites (tertiary alicyclic amines) is 1. The maximum Gasteiger partial charge on any atom is 0.272 e. The molecule has 0 saturated carbocycles. The van der Waals surface area contributed by atoms with Gasteiger partial charge in [-0.3, -0.25) is 9.59 Å². The smallest absolute Gasteiger partial charge is 0.272 e. The molecule has 0 N–H and O–H groups in total. The second-order valence-corrected chi connectivity index (χ2v) is 6.49. The maximum atomic E-state index is 12.6. The lowest BCUT2D eigenvalue weighted by atomic mass is 10.2. The molecule has 0 spiro atoms. The summed E-state index contributed by atoms with van der Waals surface area (Å²) in [5.74, 6) is 1.64. The highest BCUT2D eigenvalue weighted by Crippen LogP contribution is 2.18. The number of fused-ring (bicyclic) bond motifs is 1. The van der Waals surface area contributed by atoms with Crippen LogP contribution in [0.5, 0.6) is 0 Å². The predicted molar refractivity (Wildman–Crippen MR) is 88.4 cm³/mol. The number of amides is 2. The zero-order valence-electron chi connectivity index (χ0n) is 14.2. The number of hydrogen-bond acceptors (Lipinski definition) is 5. The van der Waals surface area contributed by atoms with Gasteiger partial charge in [0.25, 0.3) is 5.91 Å². The standard InChI is InChI=1S/C17H20N6O2/c1-12-4-2-5-13(18-12)17(25)22-8-9-23-14(19-20-15(23)11-22)10-21-7-3-6-16(21)24/h2,4-5H,3,6-11H2,1H3. The Morgan fingerprint density at radius 2 is 2.08 bits per heavy atom. The van der Waals surface area contributed by atoms with Crippen LogP contribution in [0.25, 0.3) is 0 Å². The highest BCUT2D eigenvalue weighted by molar-refractivity contribution is 5.92. The molecule has 8 heteroatoms. The number of pyridine rings is 1. The Morgan fingerprint density at radius 3 is 2.84 bits per heavy atom. The van der Waals surface area contributed by atoms with Crippen molar-refractivity contribution in [3.8, 4) is 0 Å². The van der Waals surface area contributed by atoms with Crippen LogP contribution in [-0.4, -0.2) is 54.5 Å². The van der Waals surface area contributed by atoms with Crippen LogP contribution in [-0.2, 0) is 24.4 Å². The summed E-state index contributed by atoms with van der Waals surface area (Å²) in [7, 11) is 0. The summed E-state index contributed by atoms with van der Waals surface area (Å²) in [4.78, 5) is 32.3. The van der Waals surface area contributed by atoms with Crippen LogP contribution < -0.4 is 0 Å². The molecule has 130 valence electrons. The number of carbonyl (C=O) groups is 2. The van der Waals surface area contributed by atoms with Crippen LogP contribution in [0.2, 0.25) is 0 Å². The summed E-state index contributed by atoms with van der Waals surface area (Å²) >= 11 is 0. The van der Waals surface area contributed by atoms with Crippen molar-refractivity contribution in [1.82, 2.24) is 29.5 Å². The Bertz CT molecular complexity index is 830. The van der Waals surface area contributed by atoms with Gasteiger partial charge in [-0.15, -0.1) is 10.2 Å². The molecular formula is C17H20N6O2. The molecule has 0 aromatic carbocycles. The monoisotopic (exact) mass is 340 g/mol. The Morgan fingerprint density at radius 1 is 1.20 bits per heavy atom. The van der Waals surface area contributed by atoms with E-state index in [2.05, 4.69) is 15.2 Å². The Balaban J connectivity index is 1.49. The SMILES string of the molecule is Cc1cccc(C(=O)N2CCn3c(CN4CCCC4=O)nnc3C2)n1. The largest absolute Gasteiger partial charge is 0.335 e. The van der Waals surface area contributed by atoms with Crippen LogP contribution in [0.1, 0.15) is 40.7 Å². The van der Waals surface area contributed by atoms with Gasteiger partial charge < -0.3 is 14.4 Å². The third kappa shape index (κ3) is 2.99. The van der Waals surface area contributed by atoms with Crippen molar-refractivity contribution in [1.29, 1.82) is 0 Å². The maximum absolute atomic E-state index is 12.6. The fourth-order valence-electron chi connectivity index (χ4n) is 3.37. The molecule has 0 radical (unpaired) electrons. The first-order chi connectivity index (χ1) is 12.1. The number of aromatic nitrogens is 4. The van der Waals surface area contributed by atoms with Crippen molar-refractivity contribution in [2.24, 2.45) is 0 Å². The molecule has 25 heavy (non-hydrogen) atoms. The zero-order chi connectivity index (χ0) is 17.4. The summed E-state index contributed by atoms with van der Waals surface area (Å²) in [6, 6.07) is 5.45. The van der Waals surface area contributed by atoms with E-state index in [0.29, 0.717) is 38.3 Å². The van der Waals surface area contributed by atoms with Crippen molar-refractivity contribution in [2.45, 2.75) is 39.4 Å².